The van der Waals surface area contributed by atoms with Gasteiger partial charge < -0.3 is 0 Å². The number of aromatic nitrogens is 2. The van der Waals surface area contributed by atoms with E-state index in [1.54, 1.807) is 20.1 Å². The summed E-state index contributed by atoms with van der Waals surface area (Å²) in [5.74, 6) is 0.0939. The summed E-state index contributed by atoms with van der Waals surface area (Å²) in [6.07, 6.45) is 7.71. The van der Waals surface area contributed by atoms with E-state index in [0.29, 0.717) is 17.3 Å². The summed E-state index contributed by atoms with van der Waals surface area (Å²) in [6.45, 7) is 3.06. The van der Waals surface area contributed by atoms with E-state index in [-0.39, 0.29) is 18.1 Å². The molecule has 8 heteroatoms. The van der Waals surface area contributed by atoms with Crippen molar-refractivity contribution in [1.29, 1.82) is 0 Å². The lowest BCUT2D eigenvalue weighted by Crippen LogP contribution is -2.25. The van der Waals surface area contributed by atoms with Crippen LogP contribution in [0.3, 0.4) is 0 Å². The molecule has 0 spiro atoms. The van der Waals surface area contributed by atoms with Crippen molar-refractivity contribution in [2.75, 3.05) is 0 Å². The van der Waals surface area contributed by atoms with Gasteiger partial charge in [0.05, 0.1) is 4.92 Å². The van der Waals surface area contributed by atoms with E-state index in [1.807, 2.05) is 0 Å². The number of hydrazone groups is 1. The Kier molecular flexibility index (Phi) is 5.24. The average molecular weight is 307 g/mol. The zero-order valence-electron chi connectivity index (χ0n) is 12.9. The van der Waals surface area contributed by atoms with Crippen LogP contribution in [0.4, 0.5) is 5.69 Å². The van der Waals surface area contributed by atoms with Crippen LogP contribution in [-0.4, -0.2) is 26.8 Å². The molecule has 1 saturated carbocycles. The summed E-state index contributed by atoms with van der Waals surface area (Å²) in [6, 6.07) is 0. The Morgan fingerprint density at radius 1 is 1.45 bits per heavy atom. The minimum atomic E-state index is -0.479. The maximum absolute atomic E-state index is 11.8. The van der Waals surface area contributed by atoms with Crippen LogP contribution in [0.2, 0.25) is 0 Å². The van der Waals surface area contributed by atoms with Crippen LogP contribution in [0.5, 0.6) is 0 Å². The molecule has 22 heavy (non-hydrogen) atoms. The van der Waals surface area contributed by atoms with Crippen molar-refractivity contribution in [2.45, 2.75) is 52.5 Å². The average Bonchev–Trinajstić information content (AvgIpc) is 2.74. The van der Waals surface area contributed by atoms with Crippen molar-refractivity contribution < 1.29 is 9.72 Å². The molecule has 1 aromatic rings. The summed E-state index contributed by atoms with van der Waals surface area (Å²) >= 11 is 0. The van der Waals surface area contributed by atoms with Crippen LogP contribution >= 0.6 is 0 Å². The lowest BCUT2D eigenvalue weighted by Gasteiger charge is -2.16. The van der Waals surface area contributed by atoms with Crippen molar-refractivity contribution in [2.24, 2.45) is 11.0 Å². The smallest absolute Gasteiger partial charge is 0.271 e. The number of hydrogen-bond donors (Lipinski definition) is 1. The molecule has 1 aliphatic rings. The summed E-state index contributed by atoms with van der Waals surface area (Å²) in [5.41, 5.74) is 3.10. The number of carbonyl (C=O) groups is 1. The topological polar surface area (TPSA) is 102 Å². The molecule has 120 valence electrons. The highest BCUT2D eigenvalue weighted by molar-refractivity contribution is 5.76. The molecule has 1 N–H and O–H groups in total. The number of nitrogens with zero attached hydrogens (tertiary/aromatic N) is 4. The van der Waals surface area contributed by atoms with Gasteiger partial charge in [0.2, 0.25) is 0 Å². The summed E-state index contributed by atoms with van der Waals surface area (Å²) in [4.78, 5) is 22.3. The van der Waals surface area contributed by atoms with E-state index in [2.05, 4.69) is 15.6 Å². The quantitative estimate of drug-likeness (QED) is 0.511. The second-order valence-corrected chi connectivity index (χ2v) is 5.65. The Balaban J connectivity index is 1.90. The molecule has 1 heterocycles. The minimum absolute atomic E-state index is 0.0430. The van der Waals surface area contributed by atoms with Crippen LogP contribution in [0.15, 0.2) is 5.10 Å². The number of amides is 1. The maximum atomic E-state index is 11.8. The minimum Gasteiger partial charge on any atom is -0.271 e. The predicted molar refractivity (Wildman–Crippen MR) is 81.6 cm³/mol. The summed E-state index contributed by atoms with van der Waals surface area (Å²) in [5, 5.41) is 18.9. The molecule has 0 unspecified atom stereocenters. The number of nitrogens with one attached hydrogen (secondary N) is 1. The molecule has 1 fully saturated rings. The first-order valence-electron chi connectivity index (χ1n) is 7.49. The first kappa shape index (κ1) is 16.1. The molecule has 1 aliphatic carbocycles. The highest BCUT2D eigenvalue weighted by Crippen LogP contribution is 2.22. The molecular formula is C14H21N5O3. The normalized spacial score (nSPS) is 16.1. The Morgan fingerprint density at radius 3 is 2.73 bits per heavy atom. The highest BCUT2D eigenvalue weighted by atomic mass is 16.6. The van der Waals surface area contributed by atoms with Crippen molar-refractivity contribution in [3.63, 3.8) is 0 Å². The molecule has 0 radical (unpaired) electrons. The molecule has 0 aliphatic heterocycles. The molecule has 0 saturated heterocycles. The van der Waals surface area contributed by atoms with Gasteiger partial charge in [0, 0.05) is 6.21 Å². The van der Waals surface area contributed by atoms with E-state index in [0.717, 1.165) is 12.8 Å². The monoisotopic (exact) mass is 307 g/mol. The zero-order chi connectivity index (χ0) is 16.1. The van der Waals surface area contributed by atoms with Crippen molar-refractivity contribution >= 4 is 17.8 Å². The Hall–Kier alpha value is -2.25. The van der Waals surface area contributed by atoms with Crippen LogP contribution < -0.4 is 5.43 Å². The van der Waals surface area contributed by atoms with E-state index in [4.69, 9.17) is 0 Å². The predicted octanol–water partition coefficient (Wildman–Crippen LogP) is 2.09. The van der Waals surface area contributed by atoms with Crippen LogP contribution in [0.1, 0.15) is 43.5 Å². The van der Waals surface area contributed by atoms with Crippen molar-refractivity contribution in [3.05, 3.63) is 21.5 Å². The molecular weight excluding hydrogens is 286 g/mol. The third kappa shape index (κ3) is 3.90. The molecule has 1 aromatic heterocycles. The molecule has 0 atom stereocenters. The van der Waals surface area contributed by atoms with Gasteiger partial charge in [0.25, 0.3) is 5.91 Å². The van der Waals surface area contributed by atoms with E-state index in [1.165, 1.54) is 23.9 Å². The molecule has 0 bridgehead atoms. The van der Waals surface area contributed by atoms with E-state index < -0.39 is 4.92 Å². The fourth-order valence-corrected chi connectivity index (χ4v) is 2.77. The summed E-state index contributed by atoms with van der Waals surface area (Å²) in [7, 11) is 0. The van der Waals surface area contributed by atoms with Gasteiger partial charge in [-0.1, -0.05) is 19.3 Å². The van der Waals surface area contributed by atoms with Crippen LogP contribution in [0.25, 0.3) is 0 Å². The molecule has 2 rings (SSSR count). The van der Waals surface area contributed by atoms with Crippen LogP contribution in [0, 0.1) is 29.9 Å². The number of nitro groups is 1. The third-order valence-electron chi connectivity index (χ3n) is 3.94. The molecule has 0 aromatic carbocycles. The number of hydrogen-bond acceptors (Lipinski definition) is 5. The number of carbonyl (C=O) groups excluding carboxylic acids is 1. The zero-order valence-corrected chi connectivity index (χ0v) is 12.9. The van der Waals surface area contributed by atoms with Gasteiger partial charge in [-0.15, -0.1) is 0 Å². The Morgan fingerprint density at radius 2 is 2.14 bits per heavy atom. The van der Waals surface area contributed by atoms with Crippen molar-refractivity contribution in [1.82, 2.24) is 15.2 Å². The van der Waals surface area contributed by atoms with Gasteiger partial charge in [-0.25, -0.2) is 5.43 Å². The number of rotatable bonds is 5. The standard InChI is InChI=1S/C14H21N5O3/c1-10-14(19(21)22)11(2)18(17-10)9-13(20)16-15-8-12-6-4-3-5-7-12/h8,12H,3-7,9H2,1-2H3,(H,16,20)/b15-8+. The van der Waals surface area contributed by atoms with Crippen LogP contribution in [-0.2, 0) is 11.3 Å². The SMILES string of the molecule is Cc1nn(CC(=O)N/N=C/C2CCCCC2)c(C)c1[N+](=O)[O-]. The number of aryl methyl sites for hydroxylation is 1. The second kappa shape index (κ2) is 7.15. The highest BCUT2D eigenvalue weighted by Gasteiger charge is 2.22. The van der Waals surface area contributed by atoms with E-state index >= 15 is 0 Å². The third-order valence-corrected chi connectivity index (χ3v) is 3.94. The molecule has 8 nitrogen and oxygen atoms in total. The molecule has 1 amide bonds. The van der Waals surface area contributed by atoms with E-state index in [9.17, 15) is 14.9 Å². The van der Waals surface area contributed by atoms with Gasteiger partial charge in [-0.2, -0.15) is 10.2 Å². The Labute approximate surface area is 128 Å². The van der Waals surface area contributed by atoms with Gasteiger partial charge >= 0.3 is 5.69 Å². The lowest BCUT2D eigenvalue weighted by molar-refractivity contribution is -0.386. The first-order valence-corrected chi connectivity index (χ1v) is 7.49. The maximum Gasteiger partial charge on any atom is 0.312 e. The fraction of sp³-hybridized carbons (Fsp3) is 0.643. The summed E-state index contributed by atoms with van der Waals surface area (Å²) < 4.78 is 1.33. The van der Waals surface area contributed by atoms with Gasteiger partial charge in [0.1, 0.15) is 17.9 Å². The fourth-order valence-electron chi connectivity index (χ4n) is 2.77. The second-order valence-electron chi connectivity index (χ2n) is 5.65. The first-order chi connectivity index (χ1) is 10.5. The van der Waals surface area contributed by atoms with Gasteiger partial charge in [-0.05, 0) is 32.6 Å². The lowest BCUT2D eigenvalue weighted by atomic mass is 9.90. The van der Waals surface area contributed by atoms with Gasteiger partial charge in [0.15, 0.2) is 0 Å². The van der Waals surface area contributed by atoms with Crippen molar-refractivity contribution in [3.8, 4) is 0 Å². The Bertz CT molecular complexity index is 588. The largest absolute Gasteiger partial charge is 0.312 e. The van der Waals surface area contributed by atoms with Gasteiger partial charge in [-0.3, -0.25) is 19.6 Å².